The van der Waals surface area contributed by atoms with Crippen molar-refractivity contribution in [1.29, 1.82) is 0 Å². The Morgan fingerprint density at radius 2 is 0.605 bits per heavy atom. The third kappa shape index (κ3) is 10.6. The molecule has 0 aliphatic rings. The summed E-state index contributed by atoms with van der Waals surface area (Å²) in [7, 11) is 0. The number of benzene rings is 3. The van der Waals surface area contributed by atoms with Crippen LogP contribution in [0.15, 0.2) is 72.8 Å². The highest BCUT2D eigenvalue weighted by Gasteiger charge is 2.26. The molecule has 0 amide bonds. The van der Waals surface area contributed by atoms with Crippen LogP contribution in [0.3, 0.4) is 0 Å². The Labute approximate surface area is 265 Å². The van der Waals surface area contributed by atoms with E-state index in [0.717, 1.165) is 58.9 Å². The molecule has 0 heterocycles. The van der Waals surface area contributed by atoms with Gasteiger partial charge in [-0.25, -0.2) is 0 Å². The van der Waals surface area contributed by atoms with Gasteiger partial charge in [-0.2, -0.15) is 0 Å². The van der Waals surface area contributed by atoms with Crippen molar-refractivity contribution in [3.63, 3.8) is 0 Å². The van der Waals surface area contributed by atoms with Crippen molar-refractivity contribution in [2.24, 2.45) is 0 Å². The fraction of sp³-hybridized carbons (Fsp3) is 0.550. The van der Waals surface area contributed by atoms with Crippen LogP contribution in [0.2, 0.25) is 0 Å². The summed E-state index contributed by atoms with van der Waals surface area (Å²) in [5.74, 6) is 0.198. The zero-order valence-electron chi connectivity index (χ0n) is 28.5. The van der Waals surface area contributed by atoms with E-state index in [0.29, 0.717) is 0 Å². The van der Waals surface area contributed by atoms with Crippen LogP contribution in [-0.2, 0) is 19.6 Å². The Morgan fingerprint density at radius 3 is 0.837 bits per heavy atom. The molecule has 0 spiro atoms. The molecule has 3 heteroatoms. The van der Waals surface area contributed by atoms with Crippen molar-refractivity contribution in [2.75, 3.05) is 39.3 Å². The normalized spacial score (nSPS) is 11.9. The molecule has 0 aromatic heterocycles. The minimum atomic E-state index is 0.198. The van der Waals surface area contributed by atoms with E-state index < -0.39 is 0 Å². The van der Waals surface area contributed by atoms with Gasteiger partial charge in [0.1, 0.15) is 0 Å². The lowest BCUT2D eigenvalue weighted by Crippen LogP contribution is -2.28. The van der Waals surface area contributed by atoms with Gasteiger partial charge in [-0.15, -0.1) is 0 Å². The fourth-order valence-corrected chi connectivity index (χ4v) is 6.81. The molecule has 3 rings (SSSR count). The molecule has 3 aromatic carbocycles. The third-order valence-electron chi connectivity index (χ3n) is 8.52. The first-order valence-corrected chi connectivity index (χ1v) is 17.5. The van der Waals surface area contributed by atoms with Crippen LogP contribution in [0, 0.1) is 0 Å². The predicted molar refractivity (Wildman–Crippen MR) is 188 cm³/mol. The lowest BCUT2D eigenvalue weighted by Gasteiger charge is -2.31. The number of rotatable bonds is 21. The molecule has 0 saturated carbocycles. The highest BCUT2D eigenvalue weighted by atomic mass is 15.1. The second-order valence-corrected chi connectivity index (χ2v) is 12.4. The zero-order chi connectivity index (χ0) is 30.9. The highest BCUT2D eigenvalue weighted by molar-refractivity contribution is 5.51. The van der Waals surface area contributed by atoms with E-state index in [1.165, 1.54) is 71.9 Å². The Balaban J connectivity index is 2.21. The number of hydrogen-bond donors (Lipinski definition) is 0. The Hall–Kier alpha value is -2.46. The molecule has 0 unspecified atom stereocenters. The van der Waals surface area contributed by atoms with Gasteiger partial charge in [0.15, 0.2) is 0 Å². The molecule has 0 N–H and O–H groups in total. The van der Waals surface area contributed by atoms with Crippen molar-refractivity contribution < 1.29 is 0 Å². The quantitative estimate of drug-likeness (QED) is 0.116. The molecule has 0 aliphatic heterocycles. The van der Waals surface area contributed by atoms with Crippen molar-refractivity contribution in [3.05, 3.63) is 106 Å². The van der Waals surface area contributed by atoms with Gasteiger partial charge in [0, 0.05) is 25.6 Å². The smallest absolute Gasteiger partial charge is 0.0349 e. The van der Waals surface area contributed by atoms with Gasteiger partial charge in [-0.05, 0) is 111 Å². The second-order valence-electron chi connectivity index (χ2n) is 12.4. The summed E-state index contributed by atoms with van der Waals surface area (Å²) < 4.78 is 0. The van der Waals surface area contributed by atoms with E-state index in [9.17, 15) is 0 Å². The Bertz CT molecular complexity index is 1010. The van der Waals surface area contributed by atoms with Gasteiger partial charge >= 0.3 is 0 Å². The molecule has 0 atom stereocenters. The van der Waals surface area contributed by atoms with Gasteiger partial charge in [-0.1, -0.05) is 114 Å². The van der Waals surface area contributed by atoms with E-state index in [-0.39, 0.29) is 5.92 Å². The van der Waals surface area contributed by atoms with Gasteiger partial charge < -0.3 is 0 Å². The molecule has 3 aromatic rings. The van der Waals surface area contributed by atoms with Crippen LogP contribution in [-0.4, -0.2) is 54.0 Å². The summed E-state index contributed by atoms with van der Waals surface area (Å²) in [5.41, 5.74) is 8.81. The molecule has 0 radical (unpaired) electrons. The van der Waals surface area contributed by atoms with E-state index >= 15 is 0 Å². The second kappa shape index (κ2) is 19.7. The number of nitrogens with zero attached hydrogens (tertiary/aromatic N) is 3. The highest BCUT2D eigenvalue weighted by Crippen LogP contribution is 2.38. The van der Waals surface area contributed by atoms with Crippen molar-refractivity contribution in [3.8, 4) is 0 Å². The maximum atomic E-state index is 2.65. The molecule has 0 aliphatic carbocycles. The molecule has 0 saturated heterocycles. The average Bonchev–Trinajstić information content (AvgIpc) is 3.00. The van der Waals surface area contributed by atoms with Crippen molar-refractivity contribution in [1.82, 2.24) is 14.7 Å². The first kappa shape index (κ1) is 35.0. The monoisotopic (exact) mass is 583 g/mol. The van der Waals surface area contributed by atoms with Crippen LogP contribution in [0.25, 0.3) is 0 Å². The average molecular weight is 584 g/mol. The first-order valence-electron chi connectivity index (χ1n) is 17.5. The minimum absolute atomic E-state index is 0.198. The van der Waals surface area contributed by atoms with Crippen LogP contribution in [0.4, 0.5) is 0 Å². The van der Waals surface area contributed by atoms with Gasteiger partial charge in [0.05, 0.1) is 0 Å². The molecule has 0 bridgehead atoms. The lowest BCUT2D eigenvalue weighted by molar-refractivity contribution is 0.263. The summed E-state index contributed by atoms with van der Waals surface area (Å²) in [6.45, 7) is 23.7. The topological polar surface area (TPSA) is 9.72 Å². The molecular formula is C40H61N3. The van der Waals surface area contributed by atoms with Gasteiger partial charge in [-0.3, -0.25) is 14.7 Å². The van der Waals surface area contributed by atoms with E-state index in [1.807, 2.05) is 0 Å². The minimum Gasteiger partial charge on any atom is -0.299 e. The fourth-order valence-electron chi connectivity index (χ4n) is 6.81. The zero-order valence-corrected chi connectivity index (χ0v) is 28.5. The molecule has 0 fully saturated rings. The van der Waals surface area contributed by atoms with Crippen LogP contribution in [0.5, 0.6) is 0 Å². The van der Waals surface area contributed by atoms with Crippen LogP contribution in [0.1, 0.15) is 119 Å². The Kier molecular flexibility index (Phi) is 16.1. The number of hydrogen-bond acceptors (Lipinski definition) is 3. The van der Waals surface area contributed by atoms with E-state index in [4.69, 9.17) is 0 Å². The maximum absolute atomic E-state index is 2.65. The molecular weight excluding hydrogens is 522 g/mol. The summed E-state index contributed by atoms with van der Waals surface area (Å²) in [5, 5.41) is 0. The molecule has 236 valence electrons. The molecule has 3 nitrogen and oxygen atoms in total. The predicted octanol–water partition coefficient (Wildman–Crippen LogP) is 9.73. The maximum Gasteiger partial charge on any atom is 0.0349 e. The van der Waals surface area contributed by atoms with Gasteiger partial charge in [0.25, 0.3) is 0 Å². The van der Waals surface area contributed by atoms with Crippen LogP contribution >= 0.6 is 0 Å². The van der Waals surface area contributed by atoms with E-state index in [2.05, 4.69) is 129 Å². The lowest BCUT2D eigenvalue weighted by atomic mass is 9.78. The Morgan fingerprint density at radius 1 is 0.372 bits per heavy atom. The standard InChI is InChI=1S/C40H61N3/c1-7-25-41(26-8-2)31-34-19-13-16-22-37(34)40(38-23-17-14-20-35(38)32-42(27-9-3)28-10-4)39-24-18-15-21-36(39)33-43(29-11-5)30-12-6/h13-24,40H,7-12,25-33H2,1-6H3. The molecule has 43 heavy (non-hydrogen) atoms. The largest absolute Gasteiger partial charge is 0.299 e. The summed E-state index contributed by atoms with van der Waals surface area (Å²) in [6.07, 6.45) is 7.12. The summed E-state index contributed by atoms with van der Waals surface area (Å²) >= 11 is 0. The third-order valence-corrected chi connectivity index (χ3v) is 8.52. The first-order chi connectivity index (χ1) is 21.1. The van der Waals surface area contributed by atoms with Crippen molar-refractivity contribution in [2.45, 2.75) is 106 Å². The summed E-state index contributed by atoms with van der Waals surface area (Å²) in [6, 6.07) is 28.0. The summed E-state index contributed by atoms with van der Waals surface area (Å²) in [4.78, 5) is 7.96. The van der Waals surface area contributed by atoms with Gasteiger partial charge in [0.2, 0.25) is 0 Å². The SMILES string of the molecule is CCCN(CCC)Cc1ccccc1C(c1ccccc1CN(CCC)CCC)c1ccccc1CN(CCC)CCC. The van der Waals surface area contributed by atoms with E-state index in [1.54, 1.807) is 0 Å². The van der Waals surface area contributed by atoms with Crippen molar-refractivity contribution >= 4 is 0 Å². The van der Waals surface area contributed by atoms with Crippen LogP contribution < -0.4 is 0 Å².